The zero-order chi connectivity index (χ0) is 31.1. The quantitative estimate of drug-likeness (QED) is 0.231. The maximum absolute atomic E-state index is 13.5. The molecule has 3 rings (SSSR count). The molecule has 0 radical (unpaired) electrons. The van der Waals surface area contributed by atoms with Crippen LogP contribution < -0.4 is 21.7 Å². The lowest BCUT2D eigenvalue weighted by atomic mass is 10.0. The molecule has 1 saturated heterocycles. The van der Waals surface area contributed by atoms with Gasteiger partial charge in [0.05, 0.1) is 23.1 Å². The third kappa shape index (κ3) is 9.97. The van der Waals surface area contributed by atoms with E-state index in [9.17, 15) is 23.1 Å². The summed E-state index contributed by atoms with van der Waals surface area (Å²) in [6.07, 6.45) is -2.00. The maximum atomic E-state index is 13.5. The van der Waals surface area contributed by atoms with Crippen molar-refractivity contribution < 1.29 is 27.9 Å². The number of nitrogens with one attached hydrogen (secondary N) is 3. The van der Waals surface area contributed by atoms with Crippen LogP contribution in [0, 0.1) is 5.92 Å². The summed E-state index contributed by atoms with van der Waals surface area (Å²) >= 11 is 0. The lowest BCUT2D eigenvalue weighted by Crippen LogP contribution is -2.51. The second-order valence-corrected chi connectivity index (χ2v) is 14.2. The van der Waals surface area contributed by atoms with E-state index in [1.165, 1.54) is 28.6 Å². The molecule has 232 valence electrons. The van der Waals surface area contributed by atoms with Crippen LogP contribution in [0.25, 0.3) is 0 Å². The normalized spacial score (nSPS) is 19.0. The minimum Gasteiger partial charge on any atom is -0.445 e. The van der Waals surface area contributed by atoms with Crippen LogP contribution in [0.2, 0.25) is 0 Å². The van der Waals surface area contributed by atoms with E-state index >= 15 is 0 Å². The Kier molecular flexibility index (Phi) is 11.4. The van der Waals surface area contributed by atoms with Crippen LogP contribution in [-0.2, 0) is 26.0 Å². The SMILES string of the molecule is CC(C)CN(C[C@@H](O)[C@H](Cc1ccccc1)NC(=O)O[C@H]1CN[C@H](C(=O)NC(C)(C)C)C1)S(=O)(=O)c1ccc(N)cc1. The number of ether oxygens (including phenoxy) is 1. The molecule has 2 aromatic carbocycles. The molecule has 1 heterocycles. The monoisotopic (exact) mass is 603 g/mol. The van der Waals surface area contributed by atoms with Crippen molar-refractivity contribution in [3.05, 3.63) is 60.2 Å². The summed E-state index contributed by atoms with van der Waals surface area (Å²) in [5.41, 5.74) is 6.65. The van der Waals surface area contributed by atoms with Gasteiger partial charge in [-0.1, -0.05) is 44.2 Å². The Morgan fingerprint density at radius 2 is 1.74 bits per heavy atom. The molecule has 4 atom stereocenters. The summed E-state index contributed by atoms with van der Waals surface area (Å²) in [4.78, 5) is 25.6. The summed E-state index contributed by atoms with van der Waals surface area (Å²) in [5.74, 6) is -0.191. The van der Waals surface area contributed by atoms with Crippen LogP contribution in [0.3, 0.4) is 0 Å². The van der Waals surface area contributed by atoms with Gasteiger partial charge in [0.2, 0.25) is 15.9 Å². The molecule has 1 fully saturated rings. The molecule has 0 aliphatic carbocycles. The first-order valence-corrected chi connectivity index (χ1v) is 15.7. The number of hydrogen-bond donors (Lipinski definition) is 5. The van der Waals surface area contributed by atoms with Crippen molar-refractivity contribution in [2.75, 3.05) is 25.4 Å². The molecular weight excluding hydrogens is 558 g/mol. The van der Waals surface area contributed by atoms with Crippen molar-refractivity contribution in [3.8, 4) is 0 Å². The van der Waals surface area contributed by atoms with Crippen molar-refractivity contribution in [2.24, 2.45) is 5.92 Å². The van der Waals surface area contributed by atoms with E-state index in [1.807, 2.05) is 65.0 Å². The van der Waals surface area contributed by atoms with Crippen molar-refractivity contribution >= 4 is 27.7 Å². The first kappa shape index (κ1) is 33.3. The van der Waals surface area contributed by atoms with Gasteiger partial charge in [0.25, 0.3) is 0 Å². The van der Waals surface area contributed by atoms with Gasteiger partial charge in [-0.15, -0.1) is 0 Å². The largest absolute Gasteiger partial charge is 0.445 e. The molecule has 6 N–H and O–H groups in total. The molecule has 2 amide bonds. The van der Waals surface area contributed by atoms with Crippen LogP contribution in [-0.4, -0.2) is 79.3 Å². The number of hydrogen-bond acceptors (Lipinski definition) is 8. The summed E-state index contributed by atoms with van der Waals surface area (Å²) in [6, 6.07) is 13.8. The molecule has 1 aliphatic heterocycles. The number of amides is 2. The number of nitrogens with two attached hydrogens (primary N) is 1. The van der Waals surface area contributed by atoms with Gasteiger partial charge in [-0.3, -0.25) is 4.79 Å². The molecule has 0 spiro atoms. The number of rotatable bonds is 12. The molecular formula is C30H45N5O6S. The Balaban J connectivity index is 1.73. The second kappa shape index (κ2) is 14.3. The minimum absolute atomic E-state index is 0.0236. The Labute approximate surface area is 249 Å². The minimum atomic E-state index is -3.96. The van der Waals surface area contributed by atoms with Crippen molar-refractivity contribution in [2.45, 2.75) is 82.2 Å². The Bertz CT molecular complexity index is 1280. The molecule has 0 unspecified atom stereocenters. The van der Waals surface area contributed by atoms with Crippen molar-refractivity contribution in [3.63, 3.8) is 0 Å². The molecule has 0 aromatic heterocycles. The van der Waals surface area contributed by atoms with E-state index < -0.39 is 40.4 Å². The maximum Gasteiger partial charge on any atom is 0.407 e. The standard InChI is InChI=1S/C30H45N5O6S/c1-20(2)18-35(42(39,40)24-13-11-22(31)12-14-24)19-27(36)25(15-21-9-7-6-8-10-21)33-29(38)41-23-16-26(32-17-23)28(37)34-30(3,4)5/h6-14,20,23,25-27,32,36H,15-19,31H2,1-5H3,(H,33,38)(H,34,37)/t23-,25+,26+,27-/m1/s1. The highest BCUT2D eigenvalue weighted by molar-refractivity contribution is 7.89. The number of aliphatic hydroxyl groups excluding tert-OH is 1. The molecule has 0 bridgehead atoms. The van der Waals surface area contributed by atoms with Gasteiger partial charge in [0, 0.05) is 37.3 Å². The van der Waals surface area contributed by atoms with Crippen LogP contribution in [0.15, 0.2) is 59.5 Å². The number of carbonyl (C=O) groups is 2. The molecule has 42 heavy (non-hydrogen) atoms. The molecule has 11 nitrogen and oxygen atoms in total. The fraction of sp³-hybridized carbons (Fsp3) is 0.533. The zero-order valence-corrected chi connectivity index (χ0v) is 25.9. The summed E-state index contributed by atoms with van der Waals surface area (Å²) < 4.78 is 33.9. The third-order valence-corrected chi connectivity index (χ3v) is 8.57. The first-order chi connectivity index (χ1) is 19.6. The molecule has 12 heteroatoms. The lowest BCUT2D eigenvalue weighted by molar-refractivity contribution is -0.124. The highest BCUT2D eigenvalue weighted by atomic mass is 32.2. The van der Waals surface area contributed by atoms with E-state index in [0.717, 1.165) is 5.56 Å². The van der Waals surface area contributed by atoms with Gasteiger partial charge >= 0.3 is 6.09 Å². The van der Waals surface area contributed by atoms with E-state index in [-0.39, 0.29) is 41.8 Å². The number of sulfonamides is 1. The van der Waals surface area contributed by atoms with E-state index in [1.54, 1.807) is 0 Å². The number of carbonyl (C=O) groups excluding carboxylic acids is 2. The number of nitrogens with zero attached hydrogens (tertiary/aromatic N) is 1. The molecule has 1 aliphatic rings. The summed E-state index contributed by atoms with van der Waals surface area (Å²) in [5, 5.41) is 20.1. The van der Waals surface area contributed by atoms with Crippen molar-refractivity contribution in [1.82, 2.24) is 20.3 Å². The summed E-state index contributed by atoms with van der Waals surface area (Å²) in [7, 11) is -3.96. The van der Waals surface area contributed by atoms with E-state index in [4.69, 9.17) is 10.5 Å². The molecule has 2 aromatic rings. The van der Waals surface area contributed by atoms with Crippen LogP contribution in [0.5, 0.6) is 0 Å². The third-order valence-electron chi connectivity index (χ3n) is 6.72. The van der Waals surface area contributed by atoms with Gasteiger partial charge in [-0.2, -0.15) is 4.31 Å². The van der Waals surface area contributed by atoms with Crippen LogP contribution in [0.4, 0.5) is 10.5 Å². The average molecular weight is 604 g/mol. The van der Waals surface area contributed by atoms with Crippen molar-refractivity contribution in [1.29, 1.82) is 0 Å². The highest BCUT2D eigenvalue weighted by Gasteiger charge is 2.35. The predicted molar refractivity (Wildman–Crippen MR) is 162 cm³/mol. The fourth-order valence-electron chi connectivity index (χ4n) is 4.74. The lowest BCUT2D eigenvalue weighted by Gasteiger charge is -2.30. The number of alkyl carbamates (subject to hydrolysis) is 1. The van der Waals surface area contributed by atoms with Crippen LogP contribution in [0.1, 0.15) is 46.6 Å². The Hall–Kier alpha value is -3.19. The Morgan fingerprint density at radius 1 is 1.10 bits per heavy atom. The number of benzene rings is 2. The number of anilines is 1. The first-order valence-electron chi connectivity index (χ1n) is 14.2. The molecule has 0 saturated carbocycles. The average Bonchev–Trinajstić information content (AvgIpc) is 3.36. The Morgan fingerprint density at radius 3 is 2.33 bits per heavy atom. The van der Waals surface area contributed by atoms with Crippen LogP contribution >= 0.6 is 0 Å². The van der Waals surface area contributed by atoms with Gasteiger partial charge in [-0.25, -0.2) is 13.2 Å². The predicted octanol–water partition coefficient (Wildman–Crippen LogP) is 2.26. The number of nitrogen functional groups attached to an aromatic ring is 1. The van der Waals surface area contributed by atoms with Gasteiger partial charge < -0.3 is 31.5 Å². The fourth-order valence-corrected chi connectivity index (χ4v) is 6.36. The van der Waals surface area contributed by atoms with E-state index in [2.05, 4.69) is 16.0 Å². The smallest absolute Gasteiger partial charge is 0.407 e. The topological polar surface area (TPSA) is 163 Å². The van der Waals surface area contributed by atoms with Gasteiger partial charge in [0.1, 0.15) is 6.10 Å². The highest BCUT2D eigenvalue weighted by Crippen LogP contribution is 2.21. The zero-order valence-electron chi connectivity index (χ0n) is 25.0. The second-order valence-electron chi connectivity index (χ2n) is 12.3. The number of aliphatic hydroxyl groups is 1. The summed E-state index contributed by atoms with van der Waals surface area (Å²) in [6.45, 7) is 9.68. The van der Waals surface area contributed by atoms with E-state index in [0.29, 0.717) is 18.7 Å². The van der Waals surface area contributed by atoms with Gasteiger partial charge in [0.15, 0.2) is 0 Å². The van der Waals surface area contributed by atoms with Gasteiger partial charge in [-0.05, 0) is 62.9 Å².